The van der Waals surface area contributed by atoms with Crippen molar-refractivity contribution in [3.05, 3.63) is 62.7 Å². The van der Waals surface area contributed by atoms with E-state index in [1.54, 1.807) is 13.8 Å². The Morgan fingerprint density at radius 2 is 1.88 bits per heavy atom. The molecule has 2 aromatic heterocycles. The lowest BCUT2D eigenvalue weighted by molar-refractivity contribution is -0.123. The van der Waals surface area contributed by atoms with Crippen molar-refractivity contribution in [2.75, 3.05) is 11.4 Å². The van der Waals surface area contributed by atoms with E-state index in [0.717, 1.165) is 12.1 Å². The number of fused-ring (bicyclic) bond motifs is 1. The number of benzene rings is 1. The van der Waals surface area contributed by atoms with Crippen LogP contribution >= 0.6 is 11.6 Å². The molecular formula is C23H24ClF2N5O3. The van der Waals surface area contributed by atoms with Crippen molar-refractivity contribution in [3.8, 4) is 0 Å². The molecule has 8 nitrogen and oxygen atoms in total. The molecular weight excluding hydrogens is 468 g/mol. The smallest absolute Gasteiger partial charge is 0.256 e. The summed E-state index contributed by atoms with van der Waals surface area (Å²) in [4.78, 5) is 41.7. The number of amides is 2. The highest BCUT2D eigenvalue weighted by Gasteiger charge is 2.31. The topological polar surface area (TPSA) is 99.6 Å². The normalized spacial score (nSPS) is 18.1. The number of carbonyl (C=O) groups excluding carboxylic acids is 2. The number of aryl methyl sites for hydroxylation is 1. The molecule has 11 heteroatoms. The number of hydrogen-bond acceptors (Lipinski definition) is 4. The van der Waals surface area contributed by atoms with E-state index < -0.39 is 11.6 Å². The van der Waals surface area contributed by atoms with Crippen LogP contribution in [0.2, 0.25) is 5.02 Å². The molecule has 0 aliphatic heterocycles. The third kappa shape index (κ3) is 4.54. The highest BCUT2D eigenvalue weighted by atomic mass is 35.5. The van der Waals surface area contributed by atoms with E-state index in [0.29, 0.717) is 37.0 Å². The van der Waals surface area contributed by atoms with Crippen LogP contribution in [0.1, 0.15) is 48.7 Å². The number of H-pyrrole nitrogens is 1. The zero-order valence-electron chi connectivity index (χ0n) is 18.7. The minimum Gasteiger partial charge on any atom is -0.349 e. The van der Waals surface area contributed by atoms with Gasteiger partial charge in [-0.25, -0.2) is 13.3 Å². The summed E-state index contributed by atoms with van der Waals surface area (Å²) in [7, 11) is 0. The summed E-state index contributed by atoms with van der Waals surface area (Å²) < 4.78 is 28.7. The lowest BCUT2D eigenvalue weighted by Gasteiger charge is -2.32. The lowest BCUT2D eigenvalue weighted by atomic mass is 9.85. The van der Waals surface area contributed by atoms with E-state index in [4.69, 9.17) is 11.6 Å². The molecule has 0 bridgehead atoms. The number of aromatic amines is 1. The second kappa shape index (κ2) is 9.54. The Balaban J connectivity index is 1.41. The number of rotatable bonds is 5. The molecule has 1 fully saturated rings. The third-order valence-corrected chi connectivity index (χ3v) is 6.51. The van der Waals surface area contributed by atoms with Gasteiger partial charge >= 0.3 is 0 Å². The number of carbonyl (C=O) groups is 2. The Hall–Kier alpha value is -3.27. The van der Waals surface area contributed by atoms with E-state index in [-0.39, 0.29) is 52.2 Å². The van der Waals surface area contributed by atoms with Crippen molar-refractivity contribution in [1.82, 2.24) is 19.9 Å². The zero-order chi connectivity index (χ0) is 24.6. The third-order valence-electron chi connectivity index (χ3n) is 6.20. The van der Waals surface area contributed by atoms with Gasteiger partial charge in [-0.05, 0) is 45.6 Å². The first-order chi connectivity index (χ1) is 16.2. The standard InChI is InChI=1S/C23H24ClF2N5O3/c1-3-30(19-10-18(26)17(25)9-16(19)24)23(34)13-4-6-14(7-5-13)28-22(33)15-11-27-31-12(2)8-20(32)29-21(15)31/h8-11,13-14H,3-7H2,1-2H3,(H,28,33)(H,29,32). The monoisotopic (exact) mass is 491 g/mol. The molecule has 1 aliphatic carbocycles. The van der Waals surface area contributed by atoms with E-state index in [2.05, 4.69) is 15.4 Å². The number of aromatic nitrogens is 3. The van der Waals surface area contributed by atoms with E-state index in [9.17, 15) is 23.2 Å². The molecule has 0 spiro atoms. The molecule has 180 valence electrons. The van der Waals surface area contributed by atoms with Crippen molar-refractivity contribution in [3.63, 3.8) is 0 Å². The van der Waals surface area contributed by atoms with Gasteiger partial charge in [0.1, 0.15) is 11.2 Å². The van der Waals surface area contributed by atoms with Gasteiger partial charge in [0.05, 0.1) is 16.9 Å². The van der Waals surface area contributed by atoms with Crippen LogP contribution in [0.5, 0.6) is 0 Å². The molecule has 1 aromatic carbocycles. The molecule has 3 aromatic rings. The maximum absolute atomic E-state index is 13.8. The summed E-state index contributed by atoms with van der Waals surface area (Å²) >= 11 is 6.07. The number of nitrogens with one attached hydrogen (secondary N) is 2. The van der Waals surface area contributed by atoms with Gasteiger partial charge < -0.3 is 15.2 Å². The van der Waals surface area contributed by atoms with Crippen LogP contribution in [0.15, 0.2) is 29.2 Å². The number of anilines is 1. The SMILES string of the molecule is CCN(C(=O)C1CCC(NC(=O)c2cnn3c(C)cc(=O)[nH]c23)CC1)c1cc(F)c(F)cc1Cl. The van der Waals surface area contributed by atoms with E-state index >= 15 is 0 Å². The van der Waals surface area contributed by atoms with Gasteiger partial charge in [-0.3, -0.25) is 14.4 Å². The first-order valence-electron chi connectivity index (χ1n) is 11.0. The maximum Gasteiger partial charge on any atom is 0.256 e. The first-order valence-corrected chi connectivity index (χ1v) is 11.4. The average Bonchev–Trinajstić information content (AvgIpc) is 3.22. The van der Waals surface area contributed by atoms with E-state index in [1.165, 1.54) is 21.7 Å². The number of hydrogen-bond donors (Lipinski definition) is 2. The molecule has 0 saturated heterocycles. The summed E-state index contributed by atoms with van der Waals surface area (Å²) in [5.74, 6) is -3.03. The molecule has 1 aliphatic rings. The Morgan fingerprint density at radius 3 is 2.56 bits per heavy atom. The van der Waals surface area contributed by atoms with Crippen LogP contribution in [-0.4, -0.2) is 39.0 Å². The zero-order valence-corrected chi connectivity index (χ0v) is 19.5. The van der Waals surface area contributed by atoms with Crippen molar-refractivity contribution in [2.24, 2.45) is 5.92 Å². The van der Waals surface area contributed by atoms with Gasteiger partial charge in [-0.1, -0.05) is 11.6 Å². The Bertz CT molecular complexity index is 1310. The average molecular weight is 492 g/mol. The van der Waals surface area contributed by atoms with Crippen molar-refractivity contribution < 1.29 is 18.4 Å². The second-order valence-electron chi connectivity index (χ2n) is 8.42. The minimum atomic E-state index is -1.07. The van der Waals surface area contributed by atoms with Gasteiger partial charge in [-0.15, -0.1) is 0 Å². The van der Waals surface area contributed by atoms with Crippen molar-refractivity contribution >= 4 is 34.7 Å². The predicted octanol–water partition coefficient (Wildman–Crippen LogP) is 3.60. The fraction of sp³-hybridized carbons (Fsp3) is 0.391. The fourth-order valence-electron chi connectivity index (χ4n) is 4.44. The molecule has 1 saturated carbocycles. The summed E-state index contributed by atoms with van der Waals surface area (Å²) in [6, 6.07) is 3.05. The van der Waals surface area contributed by atoms with Crippen LogP contribution in [0.4, 0.5) is 14.5 Å². The quantitative estimate of drug-likeness (QED) is 0.532. The van der Waals surface area contributed by atoms with Crippen molar-refractivity contribution in [1.29, 1.82) is 0 Å². The Morgan fingerprint density at radius 1 is 1.21 bits per heavy atom. The molecule has 0 unspecified atom stereocenters. The maximum atomic E-state index is 13.8. The Labute approximate surface area is 198 Å². The highest BCUT2D eigenvalue weighted by molar-refractivity contribution is 6.33. The Kier molecular flexibility index (Phi) is 6.70. The summed E-state index contributed by atoms with van der Waals surface area (Å²) in [5, 5.41) is 7.09. The van der Waals surface area contributed by atoms with Crippen LogP contribution in [0, 0.1) is 24.5 Å². The van der Waals surface area contributed by atoms with Gasteiger partial charge in [0.25, 0.3) is 11.5 Å². The predicted molar refractivity (Wildman–Crippen MR) is 123 cm³/mol. The summed E-state index contributed by atoms with van der Waals surface area (Å²) in [6.07, 6.45) is 3.59. The molecule has 0 radical (unpaired) electrons. The highest BCUT2D eigenvalue weighted by Crippen LogP contribution is 2.32. The van der Waals surface area contributed by atoms with Crippen LogP contribution in [0.25, 0.3) is 5.65 Å². The number of halogens is 3. The van der Waals surface area contributed by atoms with Gasteiger partial charge in [0.15, 0.2) is 11.6 Å². The second-order valence-corrected chi connectivity index (χ2v) is 8.82. The molecule has 2 heterocycles. The summed E-state index contributed by atoms with van der Waals surface area (Å²) in [6.45, 7) is 3.72. The molecule has 34 heavy (non-hydrogen) atoms. The fourth-order valence-corrected chi connectivity index (χ4v) is 4.69. The largest absolute Gasteiger partial charge is 0.349 e. The molecule has 2 N–H and O–H groups in total. The van der Waals surface area contributed by atoms with Gasteiger partial charge in [0, 0.05) is 36.3 Å². The lowest BCUT2D eigenvalue weighted by Crippen LogP contribution is -2.42. The van der Waals surface area contributed by atoms with E-state index in [1.807, 2.05) is 0 Å². The minimum absolute atomic E-state index is 0.0308. The summed E-state index contributed by atoms with van der Waals surface area (Å²) in [5.41, 5.74) is 1.02. The van der Waals surface area contributed by atoms with Crippen LogP contribution < -0.4 is 15.8 Å². The van der Waals surface area contributed by atoms with Crippen LogP contribution in [0.3, 0.4) is 0 Å². The first kappa shape index (κ1) is 23.9. The molecule has 2 amide bonds. The van der Waals surface area contributed by atoms with Crippen molar-refractivity contribution in [2.45, 2.75) is 45.6 Å². The molecule has 4 rings (SSSR count). The van der Waals surface area contributed by atoms with Crippen LogP contribution in [-0.2, 0) is 4.79 Å². The van der Waals surface area contributed by atoms with Gasteiger partial charge in [0.2, 0.25) is 5.91 Å². The number of nitrogens with zero attached hydrogens (tertiary/aromatic N) is 3. The molecule has 0 atom stereocenters. The van der Waals surface area contributed by atoms with Gasteiger partial charge in [-0.2, -0.15) is 5.10 Å².